The summed E-state index contributed by atoms with van der Waals surface area (Å²) in [7, 11) is 0. The molecule has 4 rings (SSSR count). The van der Waals surface area contributed by atoms with E-state index in [1.165, 1.54) is 29.3 Å². The summed E-state index contributed by atoms with van der Waals surface area (Å²) in [4.78, 5) is 15.4. The third-order valence-electron chi connectivity index (χ3n) is 4.28. The molecule has 2 heterocycles. The number of rotatable bonds is 1. The molecule has 0 saturated heterocycles. The molecular weight excluding hydrogens is 240 g/mol. The number of nitrogens with one attached hydrogen (secondary N) is 1. The van der Waals surface area contributed by atoms with E-state index < -0.39 is 5.97 Å². The van der Waals surface area contributed by atoms with Crippen LogP contribution in [-0.2, 0) is 13.0 Å². The second-order valence-corrected chi connectivity index (χ2v) is 5.35. The number of nitrogens with zero attached hydrogens (tertiary/aromatic N) is 1. The monoisotopic (exact) mass is 254 g/mol. The van der Waals surface area contributed by atoms with Crippen LogP contribution in [0.2, 0.25) is 0 Å². The fourth-order valence-corrected chi connectivity index (χ4v) is 3.44. The van der Waals surface area contributed by atoms with Crippen LogP contribution in [0.15, 0.2) is 18.3 Å². The van der Waals surface area contributed by atoms with E-state index in [-0.39, 0.29) is 5.56 Å². The third kappa shape index (κ3) is 1.50. The summed E-state index contributed by atoms with van der Waals surface area (Å²) in [5.74, 6) is -0.910. The first-order chi connectivity index (χ1) is 9.24. The zero-order valence-corrected chi connectivity index (χ0v) is 10.4. The van der Waals surface area contributed by atoms with E-state index in [0.717, 1.165) is 30.3 Å². The molecule has 0 radical (unpaired) electrons. The van der Waals surface area contributed by atoms with Crippen LogP contribution in [0.1, 0.15) is 45.9 Å². The second-order valence-electron chi connectivity index (χ2n) is 5.35. The second kappa shape index (κ2) is 3.78. The van der Waals surface area contributed by atoms with Gasteiger partial charge in [0.15, 0.2) is 0 Å². The van der Waals surface area contributed by atoms with Gasteiger partial charge in [-0.25, -0.2) is 4.79 Å². The maximum atomic E-state index is 11.1. The average molecular weight is 254 g/mol. The molecular formula is C15H14N2O2. The van der Waals surface area contributed by atoms with Crippen molar-refractivity contribution >= 4 is 16.9 Å². The molecule has 1 aromatic carbocycles. The standard InChI is InChI=1S/C15H14N2O2/c18-15(19)9-4-11-10-2-1-3-12-14(10)8(6-16-12)5-13(11)17-7-9/h4-5,7,12,16H,1-3,6H2,(H,18,19). The Kier molecular flexibility index (Phi) is 2.17. The summed E-state index contributed by atoms with van der Waals surface area (Å²) in [6, 6.07) is 4.34. The van der Waals surface area contributed by atoms with E-state index in [2.05, 4.69) is 16.4 Å². The topological polar surface area (TPSA) is 62.2 Å². The molecule has 1 aliphatic heterocycles. The van der Waals surface area contributed by atoms with Crippen LogP contribution in [0.3, 0.4) is 0 Å². The van der Waals surface area contributed by atoms with Crippen molar-refractivity contribution in [3.63, 3.8) is 0 Å². The SMILES string of the molecule is O=C(O)c1cnc2cc3c4c(c2c1)CCCC4NC3. The van der Waals surface area contributed by atoms with Crippen LogP contribution < -0.4 is 5.32 Å². The lowest BCUT2D eigenvalue weighted by molar-refractivity contribution is 0.0696. The molecule has 2 N–H and O–H groups in total. The Bertz CT molecular complexity index is 709. The van der Waals surface area contributed by atoms with E-state index in [1.54, 1.807) is 6.07 Å². The first-order valence-corrected chi connectivity index (χ1v) is 6.65. The molecule has 1 atom stereocenters. The van der Waals surface area contributed by atoms with E-state index in [1.807, 2.05) is 0 Å². The Labute approximate surface area is 110 Å². The van der Waals surface area contributed by atoms with Gasteiger partial charge < -0.3 is 10.4 Å². The van der Waals surface area contributed by atoms with Crippen molar-refractivity contribution in [1.82, 2.24) is 10.3 Å². The van der Waals surface area contributed by atoms with Crippen molar-refractivity contribution in [1.29, 1.82) is 0 Å². The number of carboxylic acids is 1. The van der Waals surface area contributed by atoms with Gasteiger partial charge in [0.2, 0.25) is 0 Å². The number of hydrogen-bond acceptors (Lipinski definition) is 3. The number of carboxylic acid groups (broad SMARTS) is 1. The van der Waals surface area contributed by atoms with Crippen LogP contribution >= 0.6 is 0 Å². The normalized spacial score (nSPS) is 20.5. The molecule has 0 amide bonds. The van der Waals surface area contributed by atoms with Crippen molar-refractivity contribution in [2.45, 2.75) is 31.8 Å². The lowest BCUT2D eigenvalue weighted by Crippen LogP contribution is -2.16. The highest BCUT2D eigenvalue weighted by Gasteiger charge is 2.29. The molecule has 2 aromatic rings. The van der Waals surface area contributed by atoms with Crippen molar-refractivity contribution in [2.75, 3.05) is 0 Å². The van der Waals surface area contributed by atoms with Crippen LogP contribution in [0.4, 0.5) is 0 Å². The van der Waals surface area contributed by atoms with E-state index in [4.69, 9.17) is 5.11 Å². The minimum absolute atomic E-state index is 0.275. The van der Waals surface area contributed by atoms with Gasteiger partial charge in [-0.15, -0.1) is 0 Å². The summed E-state index contributed by atoms with van der Waals surface area (Å²) < 4.78 is 0. The molecule has 4 nitrogen and oxygen atoms in total. The van der Waals surface area contributed by atoms with Gasteiger partial charge in [0.05, 0.1) is 11.1 Å². The van der Waals surface area contributed by atoms with Gasteiger partial charge >= 0.3 is 5.97 Å². The van der Waals surface area contributed by atoms with Crippen LogP contribution in [0.5, 0.6) is 0 Å². The lowest BCUT2D eigenvalue weighted by Gasteiger charge is -2.23. The Morgan fingerprint density at radius 3 is 3.16 bits per heavy atom. The molecule has 1 aliphatic carbocycles. The van der Waals surface area contributed by atoms with E-state index >= 15 is 0 Å². The van der Waals surface area contributed by atoms with Crippen LogP contribution in [0, 0.1) is 0 Å². The van der Waals surface area contributed by atoms with E-state index in [0.29, 0.717) is 6.04 Å². The van der Waals surface area contributed by atoms with Gasteiger partial charge in [0.25, 0.3) is 0 Å². The number of carbonyl (C=O) groups is 1. The zero-order chi connectivity index (χ0) is 13.0. The summed E-state index contributed by atoms with van der Waals surface area (Å²) in [5, 5.41) is 13.7. The lowest BCUT2D eigenvalue weighted by atomic mass is 9.84. The third-order valence-corrected chi connectivity index (χ3v) is 4.28. The van der Waals surface area contributed by atoms with Crippen molar-refractivity contribution < 1.29 is 9.90 Å². The first kappa shape index (κ1) is 10.9. The van der Waals surface area contributed by atoms with Crippen molar-refractivity contribution in [2.24, 2.45) is 0 Å². The number of pyridine rings is 1. The highest BCUT2D eigenvalue weighted by molar-refractivity contribution is 5.94. The minimum Gasteiger partial charge on any atom is -0.478 e. The molecule has 1 aromatic heterocycles. The molecule has 0 bridgehead atoms. The fourth-order valence-electron chi connectivity index (χ4n) is 3.44. The zero-order valence-electron chi connectivity index (χ0n) is 10.4. The van der Waals surface area contributed by atoms with Crippen LogP contribution in [-0.4, -0.2) is 16.1 Å². The number of benzene rings is 1. The predicted molar refractivity (Wildman–Crippen MR) is 71.2 cm³/mol. The van der Waals surface area contributed by atoms with Gasteiger partial charge in [-0.2, -0.15) is 0 Å². The summed E-state index contributed by atoms with van der Waals surface area (Å²) >= 11 is 0. The molecule has 2 aliphatic rings. The molecule has 19 heavy (non-hydrogen) atoms. The molecule has 0 spiro atoms. The quantitative estimate of drug-likeness (QED) is 0.820. The fraction of sp³-hybridized carbons (Fsp3) is 0.333. The van der Waals surface area contributed by atoms with Crippen molar-refractivity contribution in [3.8, 4) is 0 Å². The summed E-state index contributed by atoms with van der Waals surface area (Å²) in [6.45, 7) is 0.908. The van der Waals surface area contributed by atoms with Gasteiger partial charge in [-0.05, 0) is 48.1 Å². The largest absolute Gasteiger partial charge is 0.478 e. The molecule has 4 heteroatoms. The summed E-state index contributed by atoms with van der Waals surface area (Å²) in [6.07, 6.45) is 4.81. The van der Waals surface area contributed by atoms with Gasteiger partial charge in [0.1, 0.15) is 0 Å². The Morgan fingerprint density at radius 2 is 2.32 bits per heavy atom. The number of aromatic nitrogens is 1. The van der Waals surface area contributed by atoms with Gasteiger partial charge in [-0.3, -0.25) is 4.98 Å². The smallest absolute Gasteiger partial charge is 0.337 e. The van der Waals surface area contributed by atoms with Gasteiger partial charge in [-0.1, -0.05) is 0 Å². The van der Waals surface area contributed by atoms with E-state index in [9.17, 15) is 4.79 Å². The molecule has 1 unspecified atom stereocenters. The number of aromatic carboxylic acids is 1. The average Bonchev–Trinajstić information content (AvgIpc) is 2.83. The highest BCUT2D eigenvalue weighted by atomic mass is 16.4. The summed E-state index contributed by atoms with van der Waals surface area (Å²) in [5.41, 5.74) is 5.25. The predicted octanol–water partition coefficient (Wildman–Crippen LogP) is 2.41. The molecule has 0 fully saturated rings. The maximum Gasteiger partial charge on any atom is 0.337 e. The Hall–Kier alpha value is -1.94. The van der Waals surface area contributed by atoms with Gasteiger partial charge in [0, 0.05) is 24.2 Å². The number of fused-ring (bicyclic) bond motifs is 2. The van der Waals surface area contributed by atoms with Crippen LogP contribution in [0.25, 0.3) is 10.9 Å². The minimum atomic E-state index is -0.910. The van der Waals surface area contributed by atoms with Crippen molar-refractivity contribution in [3.05, 3.63) is 40.6 Å². The highest BCUT2D eigenvalue weighted by Crippen LogP contribution is 2.40. The number of aryl methyl sites for hydroxylation is 1. The molecule has 0 saturated carbocycles. The molecule has 96 valence electrons. The maximum absolute atomic E-state index is 11.1. The Balaban J connectivity index is 2.05. The number of hydrogen-bond donors (Lipinski definition) is 2. The first-order valence-electron chi connectivity index (χ1n) is 6.65. The Morgan fingerprint density at radius 1 is 1.42 bits per heavy atom.